The van der Waals surface area contributed by atoms with Gasteiger partial charge in [0.05, 0.1) is 14.2 Å². The standard InChI is InChI=1S/C23H30N2O3S/c1-27-21-8-9-22(28-2)19(17-21)5-10-23(26)24-20-6-3-18(4-7-20)11-12-25-13-15-29-16-14-25/h3-4,6-9,17H,5,10-16H2,1-2H3,(H,24,26). The molecule has 0 unspecified atom stereocenters. The summed E-state index contributed by atoms with van der Waals surface area (Å²) in [5, 5.41) is 2.99. The Morgan fingerprint density at radius 1 is 1.03 bits per heavy atom. The molecule has 0 spiro atoms. The Bertz CT molecular complexity index is 789. The average Bonchev–Trinajstić information content (AvgIpc) is 2.77. The summed E-state index contributed by atoms with van der Waals surface area (Å²) in [6, 6.07) is 13.8. The third-order valence-corrected chi connectivity index (χ3v) is 6.11. The van der Waals surface area contributed by atoms with Gasteiger partial charge in [-0.3, -0.25) is 4.79 Å². The number of aryl methyl sites for hydroxylation is 1. The molecule has 1 saturated heterocycles. The number of benzene rings is 2. The monoisotopic (exact) mass is 414 g/mol. The summed E-state index contributed by atoms with van der Waals surface area (Å²) in [5.74, 6) is 4.02. The van der Waals surface area contributed by atoms with Crippen LogP contribution in [-0.2, 0) is 17.6 Å². The smallest absolute Gasteiger partial charge is 0.224 e. The fourth-order valence-electron chi connectivity index (χ4n) is 3.42. The fourth-order valence-corrected chi connectivity index (χ4v) is 4.39. The number of rotatable bonds is 9. The second-order valence-corrected chi connectivity index (χ2v) is 8.35. The Morgan fingerprint density at radius 2 is 1.79 bits per heavy atom. The van der Waals surface area contributed by atoms with Crippen molar-refractivity contribution in [3.05, 3.63) is 53.6 Å². The molecule has 0 atom stereocenters. The Balaban J connectivity index is 1.46. The van der Waals surface area contributed by atoms with Crippen LogP contribution in [0, 0.1) is 0 Å². The molecular weight excluding hydrogens is 384 g/mol. The number of methoxy groups -OCH3 is 2. The molecule has 2 aromatic rings. The van der Waals surface area contributed by atoms with Gasteiger partial charge in [-0.1, -0.05) is 12.1 Å². The van der Waals surface area contributed by atoms with Gasteiger partial charge in [0.25, 0.3) is 0 Å². The number of nitrogens with zero attached hydrogens (tertiary/aromatic N) is 1. The van der Waals surface area contributed by atoms with Gasteiger partial charge in [0.1, 0.15) is 11.5 Å². The molecule has 1 fully saturated rings. The van der Waals surface area contributed by atoms with Gasteiger partial charge in [-0.2, -0.15) is 11.8 Å². The number of thioether (sulfide) groups is 1. The Kier molecular flexibility index (Phi) is 8.25. The molecular formula is C23H30N2O3S. The number of amides is 1. The normalized spacial score (nSPS) is 14.4. The van der Waals surface area contributed by atoms with E-state index in [-0.39, 0.29) is 5.91 Å². The zero-order valence-electron chi connectivity index (χ0n) is 17.3. The molecule has 1 aliphatic rings. The highest BCUT2D eigenvalue weighted by molar-refractivity contribution is 7.99. The number of hydrogen-bond donors (Lipinski definition) is 1. The van der Waals surface area contributed by atoms with Gasteiger partial charge >= 0.3 is 0 Å². The van der Waals surface area contributed by atoms with E-state index in [9.17, 15) is 4.79 Å². The van der Waals surface area contributed by atoms with Gasteiger partial charge in [-0.25, -0.2) is 0 Å². The molecule has 6 heteroatoms. The molecule has 0 aromatic heterocycles. The fraction of sp³-hybridized carbons (Fsp3) is 0.435. The number of anilines is 1. The lowest BCUT2D eigenvalue weighted by Crippen LogP contribution is -2.34. The summed E-state index contributed by atoms with van der Waals surface area (Å²) in [4.78, 5) is 14.9. The summed E-state index contributed by atoms with van der Waals surface area (Å²) in [6.45, 7) is 3.49. The number of hydrogen-bond acceptors (Lipinski definition) is 5. The average molecular weight is 415 g/mol. The molecule has 2 aromatic carbocycles. The van der Waals surface area contributed by atoms with E-state index >= 15 is 0 Å². The van der Waals surface area contributed by atoms with E-state index < -0.39 is 0 Å². The third kappa shape index (κ3) is 6.68. The van der Waals surface area contributed by atoms with Crippen molar-refractivity contribution in [1.82, 2.24) is 4.90 Å². The van der Waals surface area contributed by atoms with Gasteiger partial charge in [-0.15, -0.1) is 0 Å². The molecule has 1 amide bonds. The van der Waals surface area contributed by atoms with Gasteiger partial charge in [0.2, 0.25) is 5.91 Å². The molecule has 1 N–H and O–H groups in total. The predicted molar refractivity (Wildman–Crippen MR) is 120 cm³/mol. The molecule has 0 aliphatic carbocycles. The summed E-state index contributed by atoms with van der Waals surface area (Å²) in [5.41, 5.74) is 3.11. The number of carbonyl (C=O) groups excluding carboxylic acids is 1. The summed E-state index contributed by atoms with van der Waals surface area (Å²) >= 11 is 2.04. The van der Waals surface area contributed by atoms with Crippen LogP contribution in [0.5, 0.6) is 11.5 Å². The summed E-state index contributed by atoms with van der Waals surface area (Å²) < 4.78 is 10.6. The molecule has 1 heterocycles. The van der Waals surface area contributed by atoms with Gasteiger partial charge in [0, 0.05) is 43.2 Å². The van der Waals surface area contributed by atoms with Gasteiger partial charge in [0.15, 0.2) is 0 Å². The van der Waals surface area contributed by atoms with Crippen molar-refractivity contribution >= 4 is 23.4 Å². The van der Waals surface area contributed by atoms with Crippen LogP contribution in [0.25, 0.3) is 0 Å². The van der Waals surface area contributed by atoms with Crippen LogP contribution in [-0.4, -0.2) is 56.2 Å². The van der Waals surface area contributed by atoms with Crippen LogP contribution >= 0.6 is 11.8 Å². The van der Waals surface area contributed by atoms with Crippen molar-refractivity contribution in [2.75, 3.05) is 50.7 Å². The largest absolute Gasteiger partial charge is 0.497 e. The van der Waals surface area contributed by atoms with E-state index in [2.05, 4.69) is 22.3 Å². The molecule has 29 heavy (non-hydrogen) atoms. The minimum Gasteiger partial charge on any atom is -0.497 e. The highest BCUT2D eigenvalue weighted by Gasteiger charge is 2.11. The van der Waals surface area contributed by atoms with Crippen LogP contribution in [0.2, 0.25) is 0 Å². The number of nitrogens with one attached hydrogen (secondary N) is 1. The molecule has 156 valence electrons. The topological polar surface area (TPSA) is 50.8 Å². The van der Waals surface area contributed by atoms with Gasteiger partial charge in [-0.05, 0) is 54.3 Å². The van der Waals surface area contributed by atoms with Gasteiger partial charge < -0.3 is 19.7 Å². The maximum atomic E-state index is 12.4. The van der Waals surface area contributed by atoms with Crippen molar-refractivity contribution in [1.29, 1.82) is 0 Å². The number of ether oxygens (including phenoxy) is 2. The minimum absolute atomic E-state index is 0.00607. The van der Waals surface area contributed by atoms with Crippen molar-refractivity contribution in [3.8, 4) is 11.5 Å². The lowest BCUT2D eigenvalue weighted by molar-refractivity contribution is -0.116. The van der Waals surface area contributed by atoms with Crippen molar-refractivity contribution in [2.45, 2.75) is 19.3 Å². The first kappa shape index (κ1) is 21.5. The molecule has 5 nitrogen and oxygen atoms in total. The Hall–Kier alpha value is -2.18. The summed E-state index contributed by atoms with van der Waals surface area (Å²) in [6.07, 6.45) is 2.03. The van der Waals surface area contributed by atoms with E-state index in [1.54, 1.807) is 14.2 Å². The summed E-state index contributed by atoms with van der Waals surface area (Å²) in [7, 11) is 3.27. The highest BCUT2D eigenvalue weighted by atomic mass is 32.2. The SMILES string of the molecule is COc1ccc(OC)c(CCC(=O)Nc2ccc(CCN3CCSCC3)cc2)c1. The van der Waals surface area contributed by atoms with E-state index in [0.717, 1.165) is 35.7 Å². The minimum atomic E-state index is -0.00607. The Labute approximate surface area is 177 Å². The van der Waals surface area contributed by atoms with Crippen LogP contribution in [0.15, 0.2) is 42.5 Å². The predicted octanol–water partition coefficient (Wildman–Crippen LogP) is 3.87. The lowest BCUT2D eigenvalue weighted by atomic mass is 10.1. The van der Waals surface area contributed by atoms with E-state index in [1.807, 2.05) is 42.1 Å². The molecule has 0 saturated carbocycles. The maximum absolute atomic E-state index is 12.4. The van der Waals surface area contributed by atoms with Crippen LogP contribution in [0.3, 0.4) is 0 Å². The second-order valence-electron chi connectivity index (χ2n) is 7.13. The van der Waals surface area contributed by atoms with Crippen LogP contribution in [0.4, 0.5) is 5.69 Å². The first-order valence-corrected chi connectivity index (χ1v) is 11.2. The van der Waals surface area contributed by atoms with Crippen molar-refractivity contribution in [3.63, 3.8) is 0 Å². The van der Waals surface area contributed by atoms with E-state index in [4.69, 9.17) is 9.47 Å². The first-order chi connectivity index (χ1) is 14.2. The van der Waals surface area contributed by atoms with Crippen molar-refractivity contribution in [2.24, 2.45) is 0 Å². The highest BCUT2D eigenvalue weighted by Crippen LogP contribution is 2.25. The third-order valence-electron chi connectivity index (χ3n) is 5.17. The zero-order valence-corrected chi connectivity index (χ0v) is 18.1. The number of carbonyl (C=O) groups is 1. The van der Waals surface area contributed by atoms with E-state index in [0.29, 0.717) is 12.8 Å². The molecule has 0 radical (unpaired) electrons. The molecule has 1 aliphatic heterocycles. The second kappa shape index (κ2) is 11.1. The molecule has 0 bridgehead atoms. The van der Waals surface area contributed by atoms with Crippen LogP contribution in [0.1, 0.15) is 17.5 Å². The lowest BCUT2D eigenvalue weighted by Gasteiger charge is -2.26. The zero-order chi connectivity index (χ0) is 20.5. The first-order valence-electron chi connectivity index (χ1n) is 10.1. The quantitative estimate of drug-likeness (QED) is 0.675. The Morgan fingerprint density at radius 3 is 2.48 bits per heavy atom. The van der Waals surface area contributed by atoms with E-state index in [1.165, 1.54) is 30.2 Å². The van der Waals surface area contributed by atoms with Crippen molar-refractivity contribution < 1.29 is 14.3 Å². The van der Waals surface area contributed by atoms with Crippen LogP contribution < -0.4 is 14.8 Å². The molecule has 3 rings (SSSR count). The maximum Gasteiger partial charge on any atom is 0.224 e.